The molecule has 0 radical (unpaired) electrons. The van der Waals surface area contributed by atoms with E-state index in [9.17, 15) is 14.7 Å². The lowest BCUT2D eigenvalue weighted by Gasteiger charge is -2.37. The molecule has 0 amide bonds. The van der Waals surface area contributed by atoms with Crippen molar-refractivity contribution in [3.63, 3.8) is 0 Å². The number of hydrogen-bond acceptors (Lipinski definition) is 5. The third-order valence-corrected chi connectivity index (χ3v) is 3.13. The van der Waals surface area contributed by atoms with Crippen molar-refractivity contribution >= 4 is 11.9 Å². The fourth-order valence-corrected chi connectivity index (χ4v) is 2.04. The van der Waals surface area contributed by atoms with Gasteiger partial charge in [-0.25, -0.2) is 9.59 Å². The summed E-state index contributed by atoms with van der Waals surface area (Å²) in [6, 6.07) is 0. The van der Waals surface area contributed by atoms with Crippen LogP contribution in [0.4, 0.5) is 0 Å². The second kappa shape index (κ2) is 5.85. The number of rotatable bonds is 6. The van der Waals surface area contributed by atoms with Gasteiger partial charge in [-0.2, -0.15) is 0 Å². The molecular formula is C12H17NO6. The topological polar surface area (TPSA) is 119 Å². The van der Waals surface area contributed by atoms with Gasteiger partial charge in [-0.05, 0) is 12.2 Å². The summed E-state index contributed by atoms with van der Waals surface area (Å²) in [4.78, 5) is 22.7. The highest BCUT2D eigenvalue weighted by Crippen LogP contribution is 2.36. The molecule has 2 atom stereocenters. The van der Waals surface area contributed by atoms with Crippen LogP contribution >= 0.6 is 0 Å². The van der Waals surface area contributed by atoms with Crippen LogP contribution in [0.3, 0.4) is 0 Å². The van der Waals surface area contributed by atoms with Crippen LogP contribution in [0.25, 0.3) is 0 Å². The second-order valence-electron chi connectivity index (χ2n) is 4.15. The Kier molecular flexibility index (Phi) is 4.68. The van der Waals surface area contributed by atoms with Crippen molar-refractivity contribution < 1.29 is 29.3 Å². The van der Waals surface area contributed by atoms with Crippen LogP contribution in [0.1, 0.15) is 6.92 Å². The lowest BCUT2D eigenvalue weighted by molar-refractivity contribution is -0.168. The van der Waals surface area contributed by atoms with Crippen LogP contribution in [0.5, 0.6) is 0 Å². The Bertz CT molecular complexity index is 442. The molecule has 0 saturated heterocycles. The van der Waals surface area contributed by atoms with E-state index in [4.69, 9.17) is 20.3 Å². The van der Waals surface area contributed by atoms with Crippen molar-refractivity contribution in [3.8, 4) is 0 Å². The summed E-state index contributed by atoms with van der Waals surface area (Å²) in [5, 5.41) is 18.5. The number of carbonyl (C=O) groups is 2. The van der Waals surface area contributed by atoms with Gasteiger partial charge in [0, 0.05) is 18.6 Å². The van der Waals surface area contributed by atoms with E-state index in [1.54, 1.807) is 0 Å². The fourth-order valence-electron chi connectivity index (χ4n) is 2.04. The number of methoxy groups -OCH3 is 1. The first kappa shape index (κ1) is 15.2. The van der Waals surface area contributed by atoms with Gasteiger partial charge in [0.1, 0.15) is 0 Å². The minimum absolute atomic E-state index is 0.00538. The van der Waals surface area contributed by atoms with Crippen molar-refractivity contribution in [1.82, 2.24) is 0 Å². The molecule has 1 aliphatic carbocycles. The third kappa shape index (κ3) is 2.61. The van der Waals surface area contributed by atoms with E-state index in [0.29, 0.717) is 0 Å². The van der Waals surface area contributed by atoms with Crippen molar-refractivity contribution in [2.45, 2.75) is 12.5 Å². The van der Waals surface area contributed by atoms with Gasteiger partial charge >= 0.3 is 11.9 Å². The first-order chi connectivity index (χ1) is 8.87. The molecule has 0 aliphatic heterocycles. The predicted octanol–water partition coefficient (Wildman–Crippen LogP) is -0.0239. The molecule has 19 heavy (non-hydrogen) atoms. The Morgan fingerprint density at radius 2 is 2.00 bits per heavy atom. The summed E-state index contributed by atoms with van der Waals surface area (Å²) in [6.45, 7) is 1.64. The molecule has 7 nitrogen and oxygen atoms in total. The van der Waals surface area contributed by atoms with Crippen molar-refractivity contribution in [2.75, 3.05) is 20.3 Å². The zero-order valence-electron chi connectivity index (χ0n) is 10.8. The van der Waals surface area contributed by atoms with Gasteiger partial charge in [0.2, 0.25) is 5.60 Å². The fraction of sp³-hybridized carbons (Fsp3) is 0.500. The Balaban J connectivity index is 3.16. The van der Waals surface area contributed by atoms with E-state index in [2.05, 4.69) is 0 Å². The first-order valence-corrected chi connectivity index (χ1v) is 5.65. The summed E-state index contributed by atoms with van der Waals surface area (Å²) < 4.78 is 10.1. The number of carboxylic acid groups (broad SMARTS) is 2. The highest BCUT2D eigenvalue weighted by Gasteiger charge is 2.51. The lowest BCUT2D eigenvalue weighted by Crippen LogP contribution is -2.54. The van der Waals surface area contributed by atoms with Crippen molar-refractivity contribution in [2.24, 2.45) is 11.7 Å². The maximum atomic E-state index is 11.6. The largest absolute Gasteiger partial charge is 0.479 e. The van der Waals surface area contributed by atoms with Gasteiger partial charge in [-0.15, -0.1) is 0 Å². The van der Waals surface area contributed by atoms with Crippen LogP contribution in [0.2, 0.25) is 0 Å². The van der Waals surface area contributed by atoms with Gasteiger partial charge in [0.25, 0.3) is 0 Å². The molecule has 0 saturated carbocycles. The number of aliphatic carboxylic acids is 2. The molecular weight excluding hydrogens is 254 g/mol. The van der Waals surface area contributed by atoms with Crippen LogP contribution in [-0.2, 0) is 19.1 Å². The van der Waals surface area contributed by atoms with E-state index in [1.807, 2.05) is 0 Å². The molecule has 0 fully saturated rings. The van der Waals surface area contributed by atoms with Gasteiger partial charge in [-0.1, -0.05) is 6.92 Å². The Morgan fingerprint density at radius 1 is 1.37 bits per heavy atom. The molecule has 106 valence electrons. The number of ether oxygens (including phenoxy) is 2. The molecule has 1 aliphatic rings. The maximum Gasteiger partial charge on any atom is 0.342 e. The Morgan fingerprint density at radius 3 is 2.47 bits per heavy atom. The van der Waals surface area contributed by atoms with Gasteiger partial charge < -0.3 is 25.4 Å². The maximum absolute atomic E-state index is 11.6. The second-order valence-corrected chi connectivity index (χ2v) is 4.15. The van der Waals surface area contributed by atoms with Crippen LogP contribution in [0, 0.1) is 5.92 Å². The monoisotopic (exact) mass is 271 g/mol. The van der Waals surface area contributed by atoms with Gasteiger partial charge in [-0.3, -0.25) is 0 Å². The number of hydrogen-bond donors (Lipinski definition) is 3. The normalized spacial score (nSPS) is 26.5. The Hall–Kier alpha value is -1.86. The minimum atomic E-state index is -1.87. The third-order valence-electron chi connectivity index (χ3n) is 3.13. The molecule has 0 spiro atoms. The molecule has 0 aromatic carbocycles. The highest BCUT2D eigenvalue weighted by atomic mass is 16.6. The van der Waals surface area contributed by atoms with Crippen LogP contribution < -0.4 is 5.73 Å². The quantitative estimate of drug-likeness (QED) is 0.580. The van der Waals surface area contributed by atoms with Gasteiger partial charge in [0.15, 0.2) is 0 Å². The number of nitrogens with two attached hydrogens (primary N) is 1. The predicted molar refractivity (Wildman–Crippen MR) is 65.3 cm³/mol. The molecule has 0 aromatic rings. The smallest absolute Gasteiger partial charge is 0.342 e. The van der Waals surface area contributed by atoms with Crippen molar-refractivity contribution in [1.29, 1.82) is 0 Å². The van der Waals surface area contributed by atoms with Crippen LogP contribution in [-0.4, -0.2) is 48.1 Å². The number of carboxylic acids is 2. The summed E-state index contributed by atoms with van der Waals surface area (Å²) >= 11 is 0. The Labute approximate surface area is 110 Å². The van der Waals surface area contributed by atoms with E-state index in [1.165, 1.54) is 26.2 Å². The zero-order chi connectivity index (χ0) is 14.6. The SMILES string of the molecule is COCCOC1(C(=O)O)C(N)=CC=C(C(=O)O)C1C. The molecule has 4 N–H and O–H groups in total. The zero-order valence-corrected chi connectivity index (χ0v) is 10.8. The summed E-state index contributed by atoms with van der Waals surface area (Å²) in [7, 11) is 1.45. The minimum Gasteiger partial charge on any atom is -0.479 e. The van der Waals surface area contributed by atoms with E-state index in [-0.39, 0.29) is 24.5 Å². The van der Waals surface area contributed by atoms with Gasteiger partial charge in [0.05, 0.1) is 18.9 Å². The van der Waals surface area contributed by atoms with E-state index < -0.39 is 23.5 Å². The van der Waals surface area contributed by atoms with Crippen molar-refractivity contribution in [3.05, 3.63) is 23.4 Å². The lowest BCUT2D eigenvalue weighted by atomic mass is 9.77. The van der Waals surface area contributed by atoms with E-state index >= 15 is 0 Å². The molecule has 0 aromatic heterocycles. The van der Waals surface area contributed by atoms with E-state index in [0.717, 1.165) is 0 Å². The molecule has 0 bridgehead atoms. The standard InChI is InChI=1S/C12H17NO6/c1-7-8(10(14)15)3-4-9(13)12(7,11(16)17)19-6-5-18-2/h3-4,7H,5-6,13H2,1-2H3,(H,14,15)(H,16,17). The molecule has 7 heteroatoms. The molecule has 0 heterocycles. The summed E-state index contributed by atoms with van der Waals surface area (Å²) in [6.07, 6.45) is 2.55. The first-order valence-electron chi connectivity index (χ1n) is 5.65. The van der Waals surface area contributed by atoms with Crippen LogP contribution in [0.15, 0.2) is 23.4 Å². The average Bonchev–Trinajstić information content (AvgIpc) is 2.32. The summed E-state index contributed by atoms with van der Waals surface area (Å²) in [5.74, 6) is -3.43. The number of allylic oxidation sites excluding steroid dienone is 2. The molecule has 1 rings (SSSR count). The average molecular weight is 271 g/mol. The molecule has 2 unspecified atom stereocenters. The highest BCUT2D eigenvalue weighted by molar-refractivity contribution is 5.93. The summed E-state index contributed by atoms with van der Waals surface area (Å²) in [5.41, 5.74) is 3.76.